The van der Waals surface area contributed by atoms with Crippen LogP contribution in [0.1, 0.15) is 70.6 Å². The molecule has 1 aliphatic heterocycles. The molecule has 2 aliphatic carbocycles. The highest BCUT2D eigenvalue weighted by Crippen LogP contribution is 2.60. The zero-order chi connectivity index (χ0) is 33.3. The van der Waals surface area contributed by atoms with Crippen molar-refractivity contribution in [2.24, 2.45) is 0 Å². The van der Waals surface area contributed by atoms with E-state index in [0.29, 0.717) is 0 Å². The molecule has 3 aliphatic rings. The molecule has 0 saturated carbocycles. The Hall–Kier alpha value is -4.44. The summed E-state index contributed by atoms with van der Waals surface area (Å²) >= 11 is 0. The van der Waals surface area contributed by atoms with Crippen LogP contribution in [-0.2, 0) is 14.7 Å². The number of hydrogen-bond donors (Lipinski definition) is 0. The van der Waals surface area contributed by atoms with Crippen LogP contribution < -0.4 is 5.46 Å². The third kappa shape index (κ3) is 4.78. The van der Waals surface area contributed by atoms with E-state index < -0.39 is 18.3 Å². The van der Waals surface area contributed by atoms with E-state index >= 15 is 0 Å². The maximum absolute atomic E-state index is 6.60. The normalized spacial score (nSPS) is 19.7. The molecule has 48 heavy (non-hydrogen) atoms. The fourth-order valence-corrected chi connectivity index (χ4v) is 8.13. The van der Waals surface area contributed by atoms with Crippen LogP contribution in [-0.4, -0.2) is 18.3 Å². The Morgan fingerprint density at radius 3 is 1.83 bits per heavy atom. The second-order valence-corrected chi connectivity index (χ2v) is 15.1. The van der Waals surface area contributed by atoms with Crippen molar-refractivity contribution in [1.82, 2.24) is 0 Å². The average molecular weight is 627 g/mol. The molecule has 8 rings (SSSR count). The molecule has 0 aromatic heterocycles. The molecule has 0 bridgehead atoms. The van der Waals surface area contributed by atoms with Crippen LogP contribution in [0.15, 0.2) is 133 Å². The van der Waals surface area contributed by atoms with Gasteiger partial charge in [-0.3, -0.25) is 0 Å². The number of rotatable bonds is 5. The summed E-state index contributed by atoms with van der Waals surface area (Å²) in [6.07, 6.45) is 10.1. The van der Waals surface area contributed by atoms with Gasteiger partial charge in [-0.05, 0) is 101 Å². The summed E-state index contributed by atoms with van der Waals surface area (Å²) in [4.78, 5) is 0. The highest BCUT2D eigenvalue weighted by molar-refractivity contribution is 6.62. The number of hydrogen-bond acceptors (Lipinski definition) is 2. The molecule has 1 fully saturated rings. The fraction of sp³-hybridized carbons (Fsp3) is 0.244. The molecule has 1 unspecified atom stereocenters. The predicted molar refractivity (Wildman–Crippen MR) is 202 cm³/mol. The van der Waals surface area contributed by atoms with Gasteiger partial charge in [-0.15, -0.1) is 0 Å². The zero-order valence-corrected chi connectivity index (χ0v) is 28.9. The topological polar surface area (TPSA) is 18.5 Å². The van der Waals surface area contributed by atoms with Crippen LogP contribution in [0.2, 0.25) is 0 Å². The lowest BCUT2D eigenvalue weighted by Gasteiger charge is -2.33. The first-order valence-electron chi connectivity index (χ1n) is 17.3. The third-order valence-corrected chi connectivity index (χ3v) is 11.2. The first-order valence-corrected chi connectivity index (χ1v) is 17.3. The minimum absolute atomic E-state index is 0.202. The van der Waals surface area contributed by atoms with Crippen molar-refractivity contribution in [3.8, 4) is 44.5 Å². The molecule has 1 saturated heterocycles. The SMILES string of the molecule is CC1(C)c2ccccc2-c2c(-c3ccccc3)c(-c3ccccc3)c(C3C=CC=CC3)c(-c3cccc(B4OC(C)(C)C(C)(C)O4)c3)c21. The zero-order valence-electron chi connectivity index (χ0n) is 28.9. The highest BCUT2D eigenvalue weighted by atomic mass is 16.7. The Kier molecular flexibility index (Phi) is 7.29. The minimum Gasteiger partial charge on any atom is -0.399 e. The Bertz CT molecular complexity index is 2070. The van der Waals surface area contributed by atoms with Gasteiger partial charge in [0.15, 0.2) is 0 Å². The fourth-order valence-electron chi connectivity index (χ4n) is 8.13. The van der Waals surface area contributed by atoms with Crippen LogP contribution in [0.5, 0.6) is 0 Å². The van der Waals surface area contributed by atoms with E-state index in [0.717, 1.165) is 11.9 Å². The molecule has 0 N–H and O–H groups in total. The number of fused-ring (bicyclic) bond motifs is 3. The maximum Gasteiger partial charge on any atom is 0.494 e. The van der Waals surface area contributed by atoms with Crippen LogP contribution >= 0.6 is 0 Å². The van der Waals surface area contributed by atoms with Gasteiger partial charge in [0.2, 0.25) is 0 Å². The Labute approximate surface area is 286 Å². The standard InChI is InChI=1S/C45H43BO2/c1-43(2)36-28-17-16-27-35(36)41-39(32-23-14-9-15-24-32)37(30-19-10-7-11-20-30)38(31-21-12-8-13-22-31)40(42(41)43)33-25-18-26-34(29-33)46-47-44(3,4)45(5,6)48-46/h7-21,23-29,31H,22H2,1-6H3. The van der Waals surface area contributed by atoms with Gasteiger partial charge in [-0.2, -0.15) is 0 Å². The average Bonchev–Trinajstić information content (AvgIpc) is 3.48. The van der Waals surface area contributed by atoms with Crippen LogP contribution in [0, 0.1) is 0 Å². The first kappa shape index (κ1) is 30.9. The van der Waals surface area contributed by atoms with Gasteiger partial charge in [-0.25, -0.2) is 0 Å². The summed E-state index contributed by atoms with van der Waals surface area (Å²) < 4.78 is 13.2. The molecular weight excluding hydrogens is 583 g/mol. The van der Waals surface area contributed by atoms with Crippen molar-refractivity contribution >= 4 is 12.6 Å². The minimum atomic E-state index is -0.439. The van der Waals surface area contributed by atoms with Gasteiger partial charge >= 0.3 is 7.12 Å². The molecule has 2 nitrogen and oxygen atoms in total. The van der Waals surface area contributed by atoms with Crippen LogP contribution in [0.4, 0.5) is 0 Å². The van der Waals surface area contributed by atoms with E-state index in [1.807, 2.05) is 0 Å². The molecule has 0 radical (unpaired) electrons. The second kappa shape index (κ2) is 11.3. The van der Waals surface area contributed by atoms with Gasteiger partial charge in [0.05, 0.1) is 11.2 Å². The lowest BCUT2D eigenvalue weighted by molar-refractivity contribution is 0.00578. The Balaban J connectivity index is 1.52. The van der Waals surface area contributed by atoms with Gasteiger partial charge in [0.25, 0.3) is 0 Å². The molecule has 1 atom stereocenters. The molecule has 3 heteroatoms. The number of benzene rings is 5. The van der Waals surface area contributed by atoms with Crippen molar-refractivity contribution in [1.29, 1.82) is 0 Å². The van der Waals surface area contributed by atoms with E-state index in [2.05, 4.69) is 175 Å². The van der Waals surface area contributed by atoms with E-state index in [4.69, 9.17) is 9.31 Å². The third-order valence-electron chi connectivity index (χ3n) is 11.2. The molecule has 5 aromatic carbocycles. The van der Waals surface area contributed by atoms with E-state index in [1.54, 1.807) is 0 Å². The summed E-state index contributed by atoms with van der Waals surface area (Å²) in [6, 6.07) is 40.1. The predicted octanol–water partition coefficient (Wildman–Crippen LogP) is 10.9. The molecule has 1 heterocycles. The smallest absolute Gasteiger partial charge is 0.399 e. The summed E-state index contributed by atoms with van der Waals surface area (Å²) in [5.41, 5.74) is 14.4. The van der Waals surface area contributed by atoms with Crippen molar-refractivity contribution in [2.75, 3.05) is 0 Å². The van der Waals surface area contributed by atoms with Crippen LogP contribution in [0.25, 0.3) is 44.5 Å². The molecule has 5 aromatic rings. The lowest BCUT2D eigenvalue weighted by atomic mass is 9.69. The van der Waals surface area contributed by atoms with E-state index in [-0.39, 0.29) is 11.3 Å². The van der Waals surface area contributed by atoms with Gasteiger partial charge in [-0.1, -0.05) is 147 Å². The second-order valence-electron chi connectivity index (χ2n) is 15.1. The molecular formula is C45H43BO2. The highest BCUT2D eigenvalue weighted by Gasteiger charge is 2.52. The van der Waals surface area contributed by atoms with Gasteiger partial charge in [0.1, 0.15) is 0 Å². The maximum atomic E-state index is 6.60. The van der Waals surface area contributed by atoms with E-state index in [9.17, 15) is 0 Å². The quantitative estimate of drug-likeness (QED) is 0.181. The summed E-state index contributed by atoms with van der Waals surface area (Å²) in [7, 11) is -0.439. The van der Waals surface area contributed by atoms with Crippen molar-refractivity contribution < 1.29 is 9.31 Å². The first-order chi connectivity index (χ1) is 23.1. The van der Waals surface area contributed by atoms with Crippen molar-refractivity contribution in [3.63, 3.8) is 0 Å². The summed E-state index contributed by atoms with van der Waals surface area (Å²) in [5, 5.41) is 0. The molecule has 238 valence electrons. The molecule has 0 spiro atoms. The summed E-state index contributed by atoms with van der Waals surface area (Å²) in [6.45, 7) is 13.3. The van der Waals surface area contributed by atoms with Crippen molar-refractivity contribution in [3.05, 3.63) is 150 Å². The van der Waals surface area contributed by atoms with Crippen molar-refractivity contribution in [2.45, 2.75) is 70.5 Å². The monoisotopic (exact) mass is 626 g/mol. The molecule has 0 amide bonds. The summed E-state index contributed by atoms with van der Waals surface area (Å²) in [5.74, 6) is 0.202. The van der Waals surface area contributed by atoms with Crippen LogP contribution in [0.3, 0.4) is 0 Å². The Morgan fingerprint density at radius 1 is 0.583 bits per heavy atom. The number of allylic oxidation sites excluding steroid dienone is 4. The Morgan fingerprint density at radius 2 is 1.19 bits per heavy atom. The van der Waals surface area contributed by atoms with Gasteiger partial charge in [0, 0.05) is 11.3 Å². The van der Waals surface area contributed by atoms with Gasteiger partial charge < -0.3 is 9.31 Å². The van der Waals surface area contributed by atoms with E-state index in [1.165, 1.54) is 61.2 Å². The lowest BCUT2D eigenvalue weighted by Crippen LogP contribution is -2.41. The largest absolute Gasteiger partial charge is 0.494 e.